The summed E-state index contributed by atoms with van der Waals surface area (Å²) in [4.78, 5) is 15.4. The first-order valence-electron chi connectivity index (χ1n) is 9.66. The van der Waals surface area contributed by atoms with Crippen LogP contribution in [0.5, 0.6) is 11.5 Å². The zero-order valence-corrected chi connectivity index (χ0v) is 17.1. The van der Waals surface area contributed by atoms with Crippen molar-refractivity contribution in [2.24, 2.45) is 0 Å². The molecule has 3 N–H and O–H groups in total. The molecule has 8 nitrogen and oxygen atoms in total. The van der Waals surface area contributed by atoms with E-state index in [1.165, 1.54) is 4.90 Å². The van der Waals surface area contributed by atoms with Gasteiger partial charge >= 0.3 is 0 Å². The summed E-state index contributed by atoms with van der Waals surface area (Å²) >= 11 is 5.54. The SMILES string of the molecule is COCCCNC(=O)C[NH+]1CCN(C(=S)NCc2ccc3c(c2)OCO3)CC1. The number of benzene rings is 1. The Balaban J connectivity index is 1.34. The van der Waals surface area contributed by atoms with Crippen molar-refractivity contribution in [3.63, 3.8) is 0 Å². The number of ether oxygens (including phenoxy) is 3. The van der Waals surface area contributed by atoms with Gasteiger partial charge in [-0.1, -0.05) is 6.07 Å². The van der Waals surface area contributed by atoms with Gasteiger partial charge in [-0.3, -0.25) is 4.79 Å². The zero-order valence-electron chi connectivity index (χ0n) is 16.3. The molecule has 1 aromatic rings. The van der Waals surface area contributed by atoms with E-state index in [9.17, 15) is 4.79 Å². The fourth-order valence-corrected chi connectivity index (χ4v) is 3.53. The first-order chi connectivity index (χ1) is 13.7. The van der Waals surface area contributed by atoms with Gasteiger partial charge in [0.1, 0.15) is 0 Å². The number of carbonyl (C=O) groups is 1. The molecule has 28 heavy (non-hydrogen) atoms. The minimum atomic E-state index is 0.100. The van der Waals surface area contributed by atoms with Crippen molar-refractivity contribution in [3.8, 4) is 11.5 Å². The highest BCUT2D eigenvalue weighted by Gasteiger charge is 2.23. The Morgan fingerprint density at radius 2 is 2.04 bits per heavy atom. The molecule has 2 heterocycles. The van der Waals surface area contributed by atoms with Gasteiger partial charge < -0.3 is 34.6 Å². The van der Waals surface area contributed by atoms with Crippen molar-refractivity contribution >= 4 is 23.2 Å². The molecule has 0 saturated carbocycles. The number of fused-ring (bicyclic) bond motifs is 1. The van der Waals surface area contributed by atoms with Gasteiger partial charge in [-0.05, 0) is 36.3 Å². The fourth-order valence-electron chi connectivity index (χ4n) is 3.28. The number of methoxy groups -OCH3 is 1. The summed E-state index contributed by atoms with van der Waals surface area (Å²) in [5.41, 5.74) is 1.10. The highest BCUT2D eigenvalue weighted by atomic mass is 32.1. The first kappa shape index (κ1) is 20.6. The summed E-state index contributed by atoms with van der Waals surface area (Å²) in [6.07, 6.45) is 0.842. The van der Waals surface area contributed by atoms with E-state index in [0.29, 0.717) is 26.2 Å². The lowest BCUT2D eigenvalue weighted by atomic mass is 10.2. The number of hydrogen-bond donors (Lipinski definition) is 3. The van der Waals surface area contributed by atoms with E-state index in [-0.39, 0.29) is 12.7 Å². The molecule has 0 aliphatic carbocycles. The highest BCUT2D eigenvalue weighted by Crippen LogP contribution is 2.32. The van der Waals surface area contributed by atoms with Crippen LogP contribution in [-0.4, -0.2) is 75.7 Å². The van der Waals surface area contributed by atoms with Gasteiger partial charge in [-0.2, -0.15) is 0 Å². The molecule has 0 spiro atoms. The lowest BCUT2D eigenvalue weighted by molar-refractivity contribution is -0.895. The lowest BCUT2D eigenvalue weighted by Gasteiger charge is -2.33. The van der Waals surface area contributed by atoms with Crippen LogP contribution >= 0.6 is 12.2 Å². The molecule has 0 atom stereocenters. The second-order valence-corrected chi connectivity index (χ2v) is 7.34. The van der Waals surface area contributed by atoms with Crippen LogP contribution in [0.4, 0.5) is 0 Å². The van der Waals surface area contributed by atoms with Crippen molar-refractivity contribution in [2.45, 2.75) is 13.0 Å². The maximum absolute atomic E-state index is 12.0. The second-order valence-electron chi connectivity index (χ2n) is 6.96. The third-order valence-electron chi connectivity index (χ3n) is 4.90. The Bertz CT molecular complexity index is 680. The van der Waals surface area contributed by atoms with Crippen molar-refractivity contribution in [2.75, 3.05) is 59.8 Å². The topological polar surface area (TPSA) is 76.5 Å². The summed E-state index contributed by atoms with van der Waals surface area (Å²) in [5, 5.41) is 7.01. The standard InChI is InChI=1S/C19H28N4O4S/c1-25-10-2-5-20-18(24)13-22-6-8-23(9-7-22)19(28)21-12-15-3-4-16-17(11-15)27-14-26-16/h3-4,11H,2,5-10,12-14H2,1H3,(H,20,24)(H,21,28)/p+1. The summed E-state index contributed by atoms with van der Waals surface area (Å²) in [5.74, 6) is 1.67. The molecule has 0 unspecified atom stereocenters. The summed E-state index contributed by atoms with van der Waals surface area (Å²) < 4.78 is 15.7. The number of thiocarbonyl (C=S) groups is 1. The Kier molecular flexibility index (Phi) is 7.70. The van der Waals surface area contributed by atoms with Crippen LogP contribution in [0.15, 0.2) is 18.2 Å². The molecular weight excluding hydrogens is 380 g/mol. The molecule has 154 valence electrons. The molecule has 1 amide bonds. The molecular formula is C19H29N4O4S+. The quantitative estimate of drug-likeness (QED) is 0.381. The van der Waals surface area contributed by atoms with Crippen LogP contribution in [0.1, 0.15) is 12.0 Å². The number of rotatable bonds is 8. The van der Waals surface area contributed by atoms with Crippen molar-refractivity contribution < 1.29 is 23.9 Å². The number of quaternary nitrogens is 1. The van der Waals surface area contributed by atoms with Crippen LogP contribution in [0.3, 0.4) is 0 Å². The predicted octanol–water partition coefficient (Wildman–Crippen LogP) is -0.857. The molecule has 1 aromatic carbocycles. The summed E-state index contributed by atoms with van der Waals surface area (Å²) in [6.45, 7) is 6.27. The Morgan fingerprint density at radius 3 is 2.82 bits per heavy atom. The third-order valence-corrected chi connectivity index (χ3v) is 5.30. The van der Waals surface area contributed by atoms with Crippen molar-refractivity contribution in [1.29, 1.82) is 0 Å². The maximum atomic E-state index is 12.0. The molecule has 9 heteroatoms. The van der Waals surface area contributed by atoms with Crippen molar-refractivity contribution in [3.05, 3.63) is 23.8 Å². The summed E-state index contributed by atoms with van der Waals surface area (Å²) in [7, 11) is 1.67. The van der Waals surface area contributed by atoms with Crippen LogP contribution < -0.4 is 25.0 Å². The van der Waals surface area contributed by atoms with Crippen LogP contribution in [0.2, 0.25) is 0 Å². The number of piperazine rings is 1. The van der Waals surface area contributed by atoms with Gasteiger partial charge in [0.2, 0.25) is 6.79 Å². The van der Waals surface area contributed by atoms with E-state index >= 15 is 0 Å². The maximum Gasteiger partial charge on any atom is 0.275 e. The van der Waals surface area contributed by atoms with Gasteiger partial charge in [0.15, 0.2) is 23.2 Å². The average Bonchev–Trinajstić information content (AvgIpc) is 3.18. The highest BCUT2D eigenvalue weighted by molar-refractivity contribution is 7.80. The predicted molar refractivity (Wildman–Crippen MR) is 109 cm³/mol. The largest absolute Gasteiger partial charge is 0.454 e. The first-order valence-corrected chi connectivity index (χ1v) is 10.1. The van der Waals surface area contributed by atoms with E-state index in [4.69, 9.17) is 26.4 Å². The molecule has 2 aliphatic rings. The van der Waals surface area contributed by atoms with E-state index < -0.39 is 0 Å². The second kappa shape index (κ2) is 10.4. The number of carbonyl (C=O) groups excluding carboxylic acids is 1. The van der Waals surface area contributed by atoms with Gasteiger partial charge in [0.25, 0.3) is 5.91 Å². The minimum absolute atomic E-state index is 0.100. The molecule has 0 radical (unpaired) electrons. The van der Waals surface area contributed by atoms with E-state index in [1.807, 2.05) is 18.2 Å². The molecule has 1 saturated heterocycles. The average molecular weight is 410 g/mol. The molecule has 1 fully saturated rings. The van der Waals surface area contributed by atoms with Gasteiger partial charge in [0, 0.05) is 26.8 Å². The zero-order chi connectivity index (χ0) is 19.8. The Labute approximate surface area is 171 Å². The third kappa shape index (κ3) is 5.95. The number of nitrogens with zero attached hydrogens (tertiary/aromatic N) is 1. The number of hydrogen-bond acceptors (Lipinski definition) is 5. The van der Waals surface area contributed by atoms with Crippen LogP contribution in [-0.2, 0) is 16.1 Å². The number of nitrogens with one attached hydrogen (secondary N) is 3. The monoisotopic (exact) mass is 409 g/mol. The fraction of sp³-hybridized carbons (Fsp3) is 0.579. The number of amides is 1. The van der Waals surface area contributed by atoms with Gasteiger partial charge in [0.05, 0.1) is 26.2 Å². The molecule has 0 bridgehead atoms. The van der Waals surface area contributed by atoms with Gasteiger partial charge in [-0.15, -0.1) is 0 Å². The summed E-state index contributed by atoms with van der Waals surface area (Å²) in [6, 6.07) is 5.91. The van der Waals surface area contributed by atoms with E-state index in [2.05, 4.69) is 15.5 Å². The van der Waals surface area contributed by atoms with E-state index in [1.54, 1.807) is 7.11 Å². The normalized spacial score (nSPS) is 16.1. The molecule has 2 aliphatic heterocycles. The van der Waals surface area contributed by atoms with Crippen LogP contribution in [0.25, 0.3) is 0 Å². The molecule has 3 rings (SSSR count). The Hall–Kier alpha value is -2.10. The smallest absolute Gasteiger partial charge is 0.275 e. The minimum Gasteiger partial charge on any atom is -0.454 e. The Morgan fingerprint density at radius 1 is 1.25 bits per heavy atom. The molecule has 0 aromatic heterocycles. The van der Waals surface area contributed by atoms with Gasteiger partial charge in [-0.25, -0.2) is 0 Å². The van der Waals surface area contributed by atoms with Crippen LogP contribution in [0, 0.1) is 0 Å². The van der Waals surface area contributed by atoms with Crippen molar-refractivity contribution in [1.82, 2.24) is 15.5 Å². The lowest BCUT2D eigenvalue weighted by Crippen LogP contribution is -3.15. The van der Waals surface area contributed by atoms with E-state index in [0.717, 1.165) is 54.8 Å².